The van der Waals surface area contributed by atoms with Crippen LogP contribution in [-0.4, -0.2) is 39.4 Å². The quantitative estimate of drug-likeness (QED) is 0.484. The summed E-state index contributed by atoms with van der Waals surface area (Å²) in [7, 11) is 3.18. The number of hydrogen-bond acceptors (Lipinski definition) is 8. The molecule has 9 heteroatoms. The van der Waals surface area contributed by atoms with Gasteiger partial charge in [0.05, 0.1) is 33.1 Å². The van der Waals surface area contributed by atoms with Crippen molar-refractivity contribution in [2.24, 2.45) is 0 Å². The molecule has 1 aliphatic rings. The predicted molar refractivity (Wildman–Crippen MR) is 111 cm³/mol. The molecule has 31 heavy (non-hydrogen) atoms. The number of nitrogens with zero attached hydrogens (tertiary/aromatic N) is 5. The number of methoxy groups -OCH3 is 2. The van der Waals surface area contributed by atoms with E-state index >= 15 is 0 Å². The highest BCUT2D eigenvalue weighted by molar-refractivity contribution is 5.62. The van der Waals surface area contributed by atoms with Crippen molar-refractivity contribution in [3.05, 3.63) is 59.3 Å². The van der Waals surface area contributed by atoms with E-state index in [1.54, 1.807) is 32.4 Å². The van der Waals surface area contributed by atoms with Crippen molar-refractivity contribution in [3.8, 4) is 34.5 Å². The fourth-order valence-corrected chi connectivity index (χ4v) is 3.54. The van der Waals surface area contributed by atoms with Gasteiger partial charge in [-0.1, -0.05) is 40.2 Å². The number of ether oxygens (including phenoxy) is 3. The molecule has 2 aromatic heterocycles. The second-order valence-corrected chi connectivity index (χ2v) is 7.30. The Bertz CT molecular complexity index is 1190. The van der Waals surface area contributed by atoms with E-state index < -0.39 is 0 Å². The average Bonchev–Trinajstić information content (AvgIpc) is 3.46. The first-order valence-electron chi connectivity index (χ1n) is 9.82. The fraction of sp³-hybridized carbons (Fsp3) is 0.273. The van der Waals surface area contributed by atoms with E-state index in [1.807, 2.05) is 4.68 Å². The number of fused-ring (bicyclic) bond motifs is 1. The van der Waals surface area contributed by atoms with Crippen molar-refractivity contribution in [2.45, 2.75) is 26.2 Å². The highest BCUT2D eigenvalue weighted by Crippen LogP contribution is 2.32. The summed E-state index contributed by atoms with van der Waals surface area (Å²) in [5.74, 6) is 1.95. The zero-order valence-corrected chi connectivity index (χ0v) is 17.4. The number of aryl methyl sites for hydroxylation is 1. The summed E-state index contributed by atoms with van der Waals surface area (Å²) in [6.07, 6.45) is -0.0762. The Morgan fingerprint density at radius 2 is 1.77 bits per heavy atom. The molecule has 0 spiro atoms. The monoisotopic (exact) mass is 419 g/mol. The van der Waals surface area contributed by atoms with Crippen LogP contribution in [0.3, 0.4) is 0 Å². The number of benzene rings is 2. The minimum atomic E-state index is -0.0762. The second-order valence-electron chi connectivity index (χ2n) is 7.30. The van der Waals surface area contributed by atoms with Crippen LogP contribution < -0.4 is 9.47 Å². The summed E-state index contributed by atoms with van der Waals surface area (Å²) in [5.41, 5.74) is 4.38. The summed E-state index contributed by atoms with van der Waals surface area (Å²) in [5, 5.41) is 12.7. The van der Waals surface area contributed by atoms with Gasteiger partial charge in [-0.25, -0.2) is 4.68 Å². The van der Waals surface area contributed by atoms with E-state index in [0.29, 0.717) is 47.6 Å². The Kier molecular flexibility index (Phi) is 4.87. The minimum absolute atomic E-state index is 0.0762. The summed E-state index contributed by atoms with van der Waals surface area (Å²) in [4.78, 5) is 4.51. The summed E-state index contributed by atoms with van der Waals surface area (Å²) >= 11 is 0. The first-order chi connectivity index (χ1) is 15.1. The van der Waals surface area contributed by atoms with Crippen LogP contribution in [0.5, 0.6) is 11.5 Å². The number of aromatic nitrogens is 5. The molecule has 4 aromatic rings. The average molecular weight is 419 g/mol. The third kappa shape index (κ3) is 3.64. The van der Waals surface area contributed by atoms with Gasteiger partial charge < -0.3 is 18.7 Å². The fourth-order valence-electron chi connectivity index (χ4n) is 3.54. The lowest BCUT2D eigenvalue weighted by atomic mass is 10.1. The van der Waals surface area contributed by atoms with Crippen LogP contribution >= 0.6 is 0 Å². The van der Waals surface area contributed by atoms with Crippen LogP contribution in [0.4, 0.5) is 0 Å². The Morgan fingerprint density at radius 1 is 1.03 bits per heavy atom. The van der Waals surface area contributed by atoms with Gasteiger partial charge in [-0.2, -0.15) is 4.98 Å². The van der Waals surface area contributed by atoms with E-state index in [-0.39, 0.29) is 6.10 Å². The zero-order chi connectivity index (χ0) is 21.4. The minimum Gasteiger partial charge on any atom is -0.497 e. The first-order valence-corrected chi connectivity index (χ1v) is 9.82. The SMILES string of the molecule is COc1cc(OC)cc(-c2nc(-c3nnn4c3COC(c3ccc(C)cc3)C4)no2)c1. The van der Waals surface area contributed by atoms with E-state index in [4.69, 9.17) is 18.7 Å². The normalized spacial score (nSPS) is 15.5. The molecule has 9 nitrogen and oxygen atoms in total. The van der Waals surface area contributed by atoms with Gasteiger partial charge in [-0.05, 0) is 24.6 Å². The Balaban J connectivity index is 1.41. The van der Waals surface area contributed by atoms with Gasteiger partial charge in [0.15, 0.2) is 5.69 Å². The summed E-state index contributed by atoms with van der Waals surface area (Å²) in [6, 6.07) is 13.7. The maximum atomic E-state index is 6.08. The predicted octanol–water partition coefficient (Wildman–Crippen LogP) is 3.59. The lowest BCUT2D eigenvalue weighted by Gasteiger charge is -2.24. The van der Waals surface area contributed by atoms with Crippen LogP contribution in [-0.2, 0) is 17.9 Å². The maximum Gasteiger partial charge on any atom is 0.258 e. The molecule has 0 aliphatic carbocycles. The van der Waals surface area contributed by atoms with Crippen LogP contribution in [0, 0.1) is 6.92 Å². The Morgan fingerprint density at radius 3 is 2.48 bits per heavy atom. The largest absolute Gasteiger partial charge is 0.497 e. The Labute approximate surface area is 178 Å². The van der Waals surface area contributed by atoms with Crippen LogP contribution in [0.1, 0.15) is 22.9 Å². The molecule has 1 atom stereocenters. The van der Waals surface area contributed by atoms with E-state index in [9.17, 15) is 0 Å². The smallest absolute Gasteiger partial charge is 0.258 e. The molecule has 0 radical (unpaired) electrons. The molecule has 1 unspecified atom stereocenters. The van der Waals surface area contributed by atoms with Crippen molar-refractivity contribution in [2.75, 3.05) is 14.2 Å². The molecular weight excluding hydrogens is 398 g/mol. The molecular formula is C22H21N5O4. The molecule has 5 rings (SSSR count). The molecule has 1 aliphatic heterocycles. The molecule has 0 bridgehead atoms. The number of hydrogen-bond donors (Lipinski definition) is 0. The molecule has 0 saturated heterocycles. The van der Waals surface area contributed by atoms with Gasteiger partial charge in [0, 0.05) is 11.6 Å². The molecule has 158 valence electrons. The second kappa shape index (κ2) is 7.84. The Hall–Kier alpha value is -3.72. The van der Waals surface area contributed by atoms with Crippen molar-refractivity contribution in [3.63, 3.8) is 0 Å². The lowest BCUT2D eigenvalue weighted by molar-refractivity contribution is -0.00112. The lowest BCUT2D eigenvalue weighted by Crippen LogP contribution is -2.22. The van der Waals surface area contributed by atoms with Gasteiger partial charge in [-0.15, -0.1) is 5.10 Å². The molecule has 3 heterocycles. The highest BCUT2D eigenvalue weighted by atomic mass is 16.5. The van der Waals surface area contributed by atoms with Gasteiger partial charge in [0.2, 0.25) is 5.82 Å². The van der Waals surface area contributed by atoms with E-state index in [1.165, 1.54) is 5.56 Å². The molecule has 0 saturated carbocycles. The highest BCUT2D eigenvalue weighted by Gasteiger charge is 2.27. The van der Waals surface area contributed by atoms with Gasteiger partial charge in [-0.3, -0.25) is 0 Å². The van der Waals surface area contributed by atoms with Gasteiger partial charge in [0.1, 0.15) is 17.6 Å². The van der Waals surface area contributed by atoms with E-state index in [0.717, 1.165) is 11.3 Å². The molecule has 0 amide bonds. The molecule has 0 fully saturated rings. The summed E-state index contributed by atoms with van der Waals surface area (Å²) < 4.78 is 24.0. The van der Waals surface area contributed by atoms with Crippen molar-refractivity contribution >= 4 is 0 Å². The van der Waals surface area contributed by atoms with Crippen molar-refractivity contribution in [1.29, 1.82) is 0 Å². The van der Waals surface area contributed by atoms with Crippen molar-refractivity contribution < 1.29 is 18.7 Å². The maximum absolute atomic E-state index is 6.08. The third-order valence-electron chi connectivity index (χ3n) is 5.28. The van der Waals surface area contributed by atoms with Crippen LogP contribution in [0.2, 0.25) is 0 Å². The number of rotatable bonds is 5. The topological polar surface area (TPSA) is 97.3 Å². The van der Waals surface area contributed by atoms with Gasteiger partial charge in [0.25, 0.3) is 5.89 Å². The standard InChI is InChI=1S/C22H21N5O4/c1-13-4-6-14(7-5-13)19-11-27-18(12-30-19)20(24-26-27)21-23-22(31-25-21)15-8-16(28-2)10-17(9-15)29-3/h4-10,19H,11-12H2,1-3H3. The van der Waals surface area contributed by atoms with Crippen molar-refractivity contribution in [1.82, 2.24) is 25.1 Å². The summed E-state index contributed by atoms with van der Waals surface area (Å²) in [6.45, 7) is 3.00. The third-order valence-corrected chi connectivity index (χ3v) is 5.28. The van der Waals surface area contributed by atoms with Crippen LogP contribution in [0.25, 0.3) is 23.0 Å². The zero-order valence-electron chi connectivity index (χ0n) is 17.4. The van der Waals surface area contributed by atoms with E-state index in [2.05, 4.69) is 51.6 Å². The van der Waals surface area contributed by atoms with Gasteiger partial charge >= 0.3 is 0 Å². The first kappa shape index (κ1) is 19.3. The van der Waals surface area contributed by atoms with Crippen LogP contribution in [0.15, 0.2) is 47.0 Å². The molecule has 0 N–H and O–H groups in total. The molecule has 2 aromatic carbocycles.